The van der Waals surface area contributed by atoms with Crippen LogP contribution in [0.4, 0.5) is 5.69 Å². The van der Waals surface area contributed by atoms with Crippen molar-refractivity contribution in [2.45, 2.75) is 26.7 Å². The number of hydrogen-bond donors (Lipinski definition) is 1. The summed E-state index contributed by atoms with van der Waals surface area (Å²) in [5.41, 5.74) is 9.21. The third-order valence-corrected chi connectivity index (χ3v) is 3.84. The molecule has 0 aromatic heterocycles. The summed E-state index contributed by atoms with van der Waals surface area (Å²) in [6, 6.07) is 6.28. The number of hydrogen-bond acceptors (Lipinski definition) is 2. The lowest BCUT2D eigenvalue weighted by atomic mass is 9.98. The number of anilines is 1. The maximum atomic E-state index is 5.65. The zero-order valence-corrected chi connectivity index (χ0v) is 11.4. The van der Waals surface area contributed by atoms with Crippen molar-refractivity contribution >= 4 is 22.9 Å². The molecular formula is C14H20N2S. The summed E-state index contributed by atoms with van der Waals surface area (Å²) in [5, 5.41) is 0. The molecule has 0 aliphatic carbocycles. The van der Waals surface area contributed by atoms with E-state index in [0.29, 0.717) is 4.99 Å². The van der Waals surface area contributed by atoms with Crippen molar-refractivity contribution < 1.29 is 0 Å². The highest BCUT2D eigenvalue weighted by atomic mass is 32.1. The van der Waals surface area contributed by atoms with E-state index in [1.54, 1.807) is 0 Å². The van der Waals surface area contributed by atoms with Crippen LogP contribution >= 0.6 is 12.2 Å². The molecule has 92 valence electrons. The molecule has 0 spiro atoms. The third kappa shape index (κ3) is 2.78. The van der Waals surface area contributed by atoms with Gasteiger partial charge in [-0.1, -0.05) is 19.1 Å². The predicted molar refractivity (Wildman–Crippen MR) is 77.7 cm³/mol. The molecule has 2 rings (SSSR count). The van der Waals surface area contributed by atoms with E-state index in [4.69, 9.17) is 18.0 Å². The summed E-state index contributed by atoms with van der Waals surface area (Å²) in [6.07, 6.45) is 2.58. The molecule has 1 aromatic carbocycles. The maximum absolute atomic E-state index is 5.65. The van der Waals surface area contributed by atoms with Crippen molar-refractivity contribution in [1.82, 2.24) is 0 Å². The van der Waals surface area contributed by atoms with Crippen molar-refractivity contribution in [2.24, 2.45) is 11.7 Å². The summed E-state index contributed by atoms with van der Waals surface area (Å²) in [5.74, 6) is 0.863. The van der Waals surface area contributed by atoms with Gasteiger partial charge in [-0.05, 0) is 49.4 Å². The van der Waals surface area contributed by atoms with E-state index >= 15 is 0 Å². The van der Waals surface area contributed by atoms with Gasteiger partial charge in [-0.15, -0.1) is 0 Å². The molecule has 1 saturated heterocycles. The monoisotopic (exact) mass is 248 g/mol. The first-order chi connectivity index (χ1) is 8.08. The number of rotatable bonds is 2. The fraction of sp³-hybridized carbons (Fsp3) is 0.500. The summed E-state index contributed by atoms with van der Waals surface area (Å²) >= 11 is 5.00. The van der Waals surface area contributed by atoms with Crippen molar-refractivity contribution in [3.05, 3.63) is 29.3 Å². The van der Waals surface area contributed by atoms with E-state index < -0.39 is 0 Å². The highest BCUT2D eigenvalue weighted by Gasteiger charge is 2.17. The first-order valence-corrected chi connectivity index (χ1v) is 6.64. The Balaban J connectivity index is 2.19. The van der Waals surface area contributed by atoms with Gasteiger partial charge in [0.1, 0.15) is 4.99 Å². The van der Waals surface area contributed by atoms with Gasteiger partial charge in [-0.25, -0.2) is 0 Å². The van der Waals surface area contributed by atoms with Crippen LogP contribution in [0.3, 0.4) is 0 Å². The molecular weight excluding hydrogens is 228 g/mol. The zero-order valence-electron chi connectivity index (χ0n) is 10.6. The number of benzene rings is 1. The van der Waals surface area contributed by atoms with Crippen LogP contribution in [0.2, 0.25) is 0 Å². The van der Waals surface area contributed by atoms with Gasteiger partial charge in [0.2, 0.25) is 0 Å². The SMILES string of the molecule is Cc1cc(C(N)=S)ccc1N1CCC(C)CC1. The number of nitrogens with two attached hydrogens (primary N) is 1. The van der Waals surface area contributed by atoms with E-state index in [-0.39, 0.29) is 0 Å². The molecule has 0 atom stereocenters. The number of nitrogens with zero attached hydrogens (tertiary/aromatic N) is 1. The molecule has 1 aromatic rings. The Kier molecular flexibility index (Phi) is 3.67. The van der Waals surface area contributed by atoms with Gasteiger partial charge in [0.05, 0.1) is 0 Å². The van der Waals surface area contributed by atoms with Gasteiger partial charge >= 0.3 is 0 Å². The molecule has 0 bridgehead atoms. The summed E-state index contributed by atoms with van der Waals surface area (Å²) < 4.78 is 0. The quantitative estimate of drug-likeness (QED) is 0.816. The maximum Gasteiger partial charge on any atom is 0.103 e. The van der Waals surface area contributed by atoms with Gasteiger partial charge in [0.15, 0.2) is 0 Å². The summed E-state index contributed by atoms with van der Waals surface area (Å²) in [4.78, 5) is 2.95. The van der Waals surface area contributed by atoms with Crippen molar-refractivity contribution in [3.8, 4) is 0 Å². The molecule has 17 heavy (non-hydrogen) atoms. The highest BCUT2D eigenvalue weighted by Crippen LogP contribution is 2.26. The number of thiocarbonyl (C=S) groups is 1. The Morgan fingerprint density at radius 1 is 1.35 bits per heavy atom. The van der Waals surface area contributed by atoms with Gasteiger partial charge in [-0.3, -0.25) is 0 Å². The molecule has 3 heteroatoms. The Morgan fingerprint density at radius 3 is 2.53 bits per heavy atom. The van der Waals surface area contributed by atoms with Crippen LogP contribution in [-0.4, -0.2) is 18.1 Å². The van der Waals surface area contributed by atoms with E-state index in [2.05, 4.69) is 30.9 Å². The average Bonchev–Trinajstić information content (AvgIpc) is 2.30. The van der Waals surface area contributed by atoms with E-state index in [1.807, 2.05) is 6.07 Å². The molecule has 0 saturated carbocycles. The fourth-order valence-corrected chi connectivity index (χ4v) is 2.54. The normalized spacial score (nSPS) is 17.2. The van der Waals surface area contributed by atoms with E-state index in [9.17, 15) is 0 Å². The third-order valence-electron chi connectivity index (χ3n) is 3.61. The Bertz CT molecular complexity index is 420. The number of piperidine rings is 1. The highest BCUT2D eigenvalue weighted by molar-refractivity contribution is 7.80. The largest absolute Gasteiger partial charge is 0.389 e. The molecule has 1 aliphatic rings. The van der Waals surface area contributed by atoms with E-state index in [1.165, 1.54) is 24.1 Å². The smallest absolute Gasteiger partial charge is 0.103 e. The molecule has 0 unspecified atom stereocenters. The van der Waals surface area contributed by atoms with E-state index in [0.717, 1.165) is 24.6 Å². The minimum atomic E-state index is 0.479. The molecule has 0 radical (unpaired) electrons. The van der Waals surface area contributed by atoms with Gasteiger partial charge < -0.3 is 10.6 Å². The zero-order chi connectivity index (χ0) is 12.4. The lowest BCUT2D eigenvalue weighted by Crippen LogP contribution is -2.33. The minimum absolute atomic E-state index is 0.479. The van der Waals surface area contributed by atoms with Crippen molar-refractivity contribution in [1.29, 1.82) is 0 Å². The second kappa shape index (κ2) is 5.05. The topological polar surface area (TPSA) is 29.3 Å². The molecule has 2 N–H and O–H groups in total. The number of aryl methyl sites for hydroxylation is 1. The van der Waals surface area contributed by atoms with Gasteiger partial charge in [0.25, 0.3) is 0 Å². The summed E-state index contributed by atoms with van der Waals surface area (Å²) in [7, 11) is 0. The average molecular weight is 248 g/mol. The molecule has 2 nitrogen and oxygen atoms in total. The van der Waals surface area contributed by atoms with Crippen LogP contribution in [0, 0.1) is 12.8 Å². The lowest BCUT2D eigenvalue weighted by molar-refractivity contribution is 0.438. The van der Waals surface area contributed by atoms with Crippen LogP contribution in [0.15, 0.2) is 18.2 Å². The second-order valence-electron chi connectivity index (χ2n) is 5.04. The van der Waals surface area contributed by atoms with Crippen molar-refractivity contribution in [3.63, 3.8) is 0 Å². The minimum Gasteiger partial charge on any atom is -0.389 e. The Labute approximate surface area is 109 Å². The Hall–Kier alpha value is -1.09. The molecule has 1 aliphatic heterocycles. The first kappa shape index (κ1) is 12.4. The van der Waals surface area contributed by atoms with Crippen LogP contribution in [0.1, 0.15) is 30.9 Å². The Morgan fingerprint density at radius 2 is 2.00 bits per heavy atom. The first-order valence-electron chi connectivity index (χ1n) is 6.23. The standard InChI is InChI=1S/C14H20N2S/c1-10-5-7-16(8-6-10)13-4-3-12(14(15)17)9-11(13)2/h3-4,9-10H,5-8H2,1-2H3,(H2,15,17). The van der Waals surface area contributed by atoms with Crippen LogP contribution in [0.25, 0.3) is 0 Å². The van der Waals surface area contributed by atoms with Crippen molar-refractivity contribution in [2.75, 3.05) is 18.0 Å². The van der Waals surface area contributed by atoms with Gasteiger partial charge in [-0.2, -0.15) is 0 Å². The summed E-state index contributed by atoms with van der Waals surface area (Å²) in [6.45, 7) is 6.79. The molecule has 1 fully saturated rings. The predicted octanol–water partition coefficient (Wildman–Crippen LogP) is 2.87. The van der Waals surface area contributed by atoms with Crippen LogP contribution in [-0.2, 0) is 0 Å². The molecule has 0 amide bonds. The lowest BCUT2D eigenvalue weighted by Gasteiger charge is -2.33. The van der Waals surface area contributed by atoms with Crippen LogP contribution in [0.5, 0.6) is 0 Å². The van der Waals surface area contributed by atoms with Crippen LogP contribution < -0.4 is 10.6 Å². The molecule has 1 heterocycles. The van der Waals surface area contributed by atoms with Gasteiger partial charge in [0, 0.05) is 24.3 Å². The second-order valence-corrected chi connectivity index (χ2v) is 5.47. The fourth-order valence-electron chi connectivity index (χ4n) is 2.41.